The van der Waals surface area contributed by atoms with Crippen molar-refractivity contribution in [2.75, 3.05) is 14.2 Å². The minimum absolute atomic E-state index is 0.170. The molecular formula is C12H16F3NO. The number of alkyl halides is 3. The third-order valence-electron chi connectivity index (χ3n) is 2.91. The summed E-state index contributed by atoms with van der Waals surface area (Å²) in [5.41, 5.74) is -1.43. The molecule has 0 saturated heterocycles. The maximum absolute atomic E-state index is 12.9. The summed E-state index contributed by atoms with van der Waals surface area (Å²) in [6, 6.07) is 6.72. The van der Waals surface area contributed by atoms with Crippen LogP contribution in [0.2, 0.25) is 0 Å². The van der Waals surface area contributed by atoms with Gasteiger partial charge in [0.1, 0.15) is 11.3 Å². The molecular weight excluding hydrogens is 231 g/mol. The lowest BCUT2D eigenvalue weighted by Gasteiger charge is -2.32. The standard InChI is InChI=1S/C12H16F3NO/c1-11(16-2,12(13,14)15)8-9-6-4-5-7-10(9)17-3/h4-7,16H,8H2,1-3H3. The van der Waals surface area contributed by atoms with Crippen LogP contribution < -0.4 is 10.1 Å². The summed E-state index contributed by atoms with van der Waals surface area (Å²) in [5, 5.41) is 2.34. The second kappa shape index (κ2) is 4.96. The minimum atomic E-state index is -4.32. The van der Waals surface area contributed by atoms with E-state index in [9.17, 15) is 13.2 Å². The second-order valence-electron chi connectivity index (χ2n) is 4.07. The van der Waals surface area contributed by atoms with Gasteiger partial charge in [0.15, 0.2) is 0 Å². The molecule has 0 bridgehead atoms. The van der Waals surface area contributed by atoms with Crippen LogP contribution in [0, 0.1) is 0 Å². The number of rotatable bonds is 4. The molecule has 1 aromatic carbocycles. The van der Waals surface area contributed by atoms with E-state index in [4.69, 9.17) is 4.74 Å². The van der Waals surface area contributed by atoms with Crippen LogP contribution in [-0.4, -0.2) is 25.9 Å². The van der Waals surface area contributed by atoms with E-state index in [1.807, 2.05) is 0 Å². The van der Waals surface area contributed by atoms with Gasteiger partial charge in [-0.15, -0.1) is 0 Å². The van der Waals surface area contributed by atoms with Gasteiger partial charge in [-0.25, -0.2) is 0 Å². The number of likely N-dealkylation sites (N-methyl/N-ethyl adjacent to an activating group) is 1. The van der Waals surface area contributed by atoms with Crippen molar-refractivity contribution in [2.24, 2.45) is 0 Å². The molecule has 0 radical (unpaired) electrons. The van der Waals surface area contributed by atoms with Gasteiger partial charge in [-0.05, 0) is 25.6 Å². The number of halogens is 3. The fourth-order valence-corrected chi connectivity index (χ4v) is 1.56. The van der Waals surface area contributed by atoms with Crippen molar-refractivity contribution < 1.29 is 17.9 Å². The molecule has 1 rings (SSSR count). The van der Waals surface area contributed by atoms with Crippen LogP contribution in [0.25, 0.3) is 0 Å². The summed E-state index contributed by atoms with van der Waals surface area (Å²) >= 11 is 0. The Morgan fingerprint density at radius 3 is 2.29 bits per heavy atom. The van der Waals surface area contributed by atoms with E-state index < -0.39 is 11.7 Å². The molecule has 17 heavy (non-hydrogen) atoms. The lowest BCUT2D eigenvalue weighted by molar-refractivity contribution is -0.189. The van der Waals surface area contributed by atoms with Crippen molar-refractivity contribution in [3.63, 3.8) is 0 Å². The fraction of sp³-hybridized carbons (Fsp3) is 0.500. The number of methoxy groups -OCH3 is 1. The summed E-state index contributed by atoms with van der Waals surface area (Å²) in [4.78, 5) is 0. The predicted molar refractivity (Wildman–Crippen MR) is 60.2 cm³/mol. The first-order chi connectivity index (χ1) is 7.84. The minimum Gasteiger partial charge on any atom is -0.496 e. The number of hydrogen-bond acceptors (Lipinski definition) is 2. The Hall–Kier alpha value is -1.23. The molecule has 2 nitrogen and oxygen atoms in total. The Balaban J connectivity index is 3.03. The zero-order chi connectivity index (χ0) is 13.1. The van der Waals surface area contributed by atoms with Crippen LogP contribution in [0.3, 0.4) is 0 Å². The zero-order valence-corrected chi connectivity index (χ0v) is 10.1. The van der Waals surface area contributed by atoms with Crippen molar-refractivity contribution in [3.05, 3.63) is 29.8 Å². The molecule has 0 aromatic heterocycles. The molecule has 1 aromatic rings. The highest BCUT2D eigenvalue weighted by molar-refractivity contribution is 5.34. The number of hydrogen-bond donors (Lipinski definition) is 1. The van der Waals surface area contributed by atoms with Crippen molar-refractivity contribution in [3.8, 4) is 5.75 Å². The van der Waals surface area contributed by atoms with Gasteiger partial charge in [0.2, 0.25) is 0 Å². The summed E-state index contributed by atoms with van der Waals surface area (Å²) in [6.45, 7) is 1.14. The first-order valence-corrected chi connectivity index (χ1v) is 5.21. The van der Waals surface area contributed by atoms with Gasteiger partial charge < -0.3 is 10.1 Å². The molecule has 5 heteroatoms. The molecule has 96 valence electrons. The fourth-order valence-electron chi connectivity index (χ4n) is 1.56. The molecule has 0 saturated carbocycles. The highest BCUT2D eigenvalue weighted by Gasteiger charge is 2.50. The Morgan fingerprint density at radius 1 is 1.24 bits per heavy atom. The molecule has 0 aliphatic rings. The Morgan fingerprint density at radius 2 is 1.82 bits per heavy atom. The van der Waals surface area contributed by atoms with Gasteiger partial charge in [-0.1, -0.05) is 18.2 Å². The summed E-state index contributed by atoms with van der Waals surface area (Å²) in [7, 11) is 2.76. The maximum atomic E-state index is 12.9. The number of ether oxygens (including phenoxy) is 1. The molecule has 0 fully saturated rings. The first-order valence-electron chi connectivity index (χ1n) is 5.21. The van der Waals surface area contributed by atoms with E-state index in [1.165, 1.54) is 14.2 Å². The molecule has 0 aliphatic heterocycles. The van der Waals surface area contributed by atoms with Gasteiger partial charge in [0.05, 0.1) is 7.11 Å². The quantitative estimate of drug-likeness (QED) is 0.883. The van der Waals surface area contributed by atoms with Crippen LogP contribution >= 0.6 is 0 Å². The van der Waals surface area contributed by atoms with Gasteiger partial charge in [0.25, 0.3) is 0 Å². The number of para-hydroxylation sites is 1. The molecule has 0 aliphatic carbocycles. The lowest BCUT2D eigenvalue weighted by atomic mass is 9.92. The predicted octanol–water partition coefficient (Wildman–Crippen LogP) is 2.78. The highest BCUT2D eigenvalue weighted by Crippen LogP contribution is 2.34. The van der Waals surface area contributed by atoms with Crippen LogP contribution in [0.4, 0.5) is 13.2 Å². The maximum Gasteiger partial charge on any atom is 0.406 e. The van der Waals surface area contributed by atoms with Crippen molar-refractivity contribution in [2.45, 2.75) is 25.1 Å². The largest absolute Gasteiger partial charge is 0.496 e. The third kappa shape index (κ3) is 2.91. The lowest BCUT2D eigenvalue weighted by Crippen LogP contribution is -2.54. The van der Waals surface area contributed by atoms with E-state index in [1.54, 1.807) is 24.3 Å². The van der Waals surface area contributed by atoms with E-state index in [-0.39, 0.29) is 6.42 Å². The molecule has 0 amide bonds. The van der Waals surface area contributed by atoms with Crippen molar-refractivity contribution in [1.29, 1.82) is 0 Å². The third-order valence-corrected chi connectivity index (χ3v) is 2.91. The van der Waals surface area contributed by atoms with E-state index in [2.05, 4.69) is 5.32 Å². The topological polar surface area (TPSA) is 21.3 Å². The van der Waals surface area contributed by atoms with Crippen LogP contribution in [0.5, 0.6) is 5.75 Å². The molecule has 0 heterocycles. The molecule has 1 unspecified atom stereocenters. The monoisotopic (exact) mass is 247 g/mol. The Bertz CT molecular complexity index is 378. The summed E-state index contributed by atoms with van der Waals surface area (Å²) in [6.07, 6.45) is -4.49. The van der Waals surface area contributed by atoms with Gasteiger partial charge in [-0.2, -0.15) is 13.2 Å². The highest BCUT2D eigenvalue weighted by atomic mass is 19.4. The van der Waals surface area contributed by atoms with Gasteiger partial charge in [-0.3, -0.25) is 0 Å². The number of nitrogens with one attached hydrogen (secondary N) is 1. The van der Waals surface area contributed by atoms with E-state index >= 15 is 0 Å². The number of benzene rings is 1. The van der Waals surface area contributed by atoms with Crippen LogP contribution in [0.1, 0.15) is 12.5 Å². The molecule has 0 spiro atoms. The zero-order valence-electron chi connectivity index (χ0n) is 10.1. The van der Waals surface area contributed by atoms with Crippen molar-refractivity contribution in [1.82, 2.24) is 5.32 Å². The van der Waals surface area contributed by atoms with E-state index in [0.717, 1.165) is 6.92 Å². The average molecular weight is 247 g/mol. The first kappa shape index (κ1) is 13.8. The summed E-state index contributed by atoms with van der Waals surface area (Å²) < 4.78 is 43.8. The van der Waals surface area contributed by atoms with Crippen molar-refractivity contribution >= 4 is 0 Å². The normalized spacial score (nSPS) is 15.4. The average Bonchev–Trinajstić information content (AvgIpc) is 2.28. The van der Waals surface area contributed by atoms with Gasteiger partial charge >= 0.3 is 6.18 Å². The Labute approximate surface area is 98.8 Å². The Kier molecular flexibility index (Phi) is 4.03. The van der Waals surface area contributed by atoms with Crippen LogP contribution in [0.15, 0.2) is 24.3 Å². The SMILES string of the molecule is CNC(C)(Cc1ccccc1OC)C(F)(F)F. The van der Waals surface area contributed by atoms with Crippen LogP contribution in [-0.2, 0) is 6.42 Å². The second-order valence-corrected chi connectivity index (χ2v) is 4.07. The molecule has 1 N–H and O–H groups in total. The molecule has 1 atom stereocenters. The van der Waals surface area contributed by atoms with Gasteiger partial charge in [0, 0.05) is 6.42 Å². The smallest absolute Gasteiger partial charge is 0.406 e. The summed E-state index contributed by atoms with van der Waals surface area (Å²) in [5.74, 6) is 0.471. The van der Waals surface area contributed by atoms with E-state index in [0.29, 0.717) is 11.3 Å².